The summed E-state index contributed by atoms with van der Waals surface area (Å²) in [6, 6.07) is 38.3. The standard InChI is InChI=1S/C39H30ClN5O4/c40-29-17-20-34(49-30-18-15-28(16-19-30)36(46)27-11-5-2-6-12-27)33(25-29)41-37(47)38(48)44-21-23-45(24-22-44)39-42-32-14-8-7-13-31(32)35(43-39)26-9-3-1-4-10-26/h1-20,25H,21-24H2,(H,41,47). The van der Waals surface area contributed by atoms with E-state index in [1.165, 1.54) is 11.0 Å². The quantitative estimate of drug-likeness (QED) is 0.141. The minimum Gasteiger partial charge on any atom is -0.455 e. The predicted octanol–water partition coefficient (Wildman–Crippen LogP) is 7.26. The lowest BCUT2D eigenvalue weighted by Gasteiger charge is -2.34. The number of halogens is 1. The molecule has 1 N–H and O–H groups in total. The van der Waals surface area contributed by atoms with E-state index < -0.39 is 11.8 Å². The molecule has 7 rings (SSSR count). The normalized spacial score (nSPS) is 12.8. The van der Waals surface area contributed by atoms with Gasteiger partial charge in [-0.25, -0.2) is 9.97 Å². The average molecular weight is 668 g/mol. The largest absolute Gasteiger partial charge is 0.455 e. The van der Waals surface area contributed by atoms with E-state index in [2.05, 4.69) is 5.32 Å². The van der Waals surface area contributed by atoms with Crippen LogP contribution < -0.4 is 15.0 Å². The van der Waals surface area contributed by atoms with E-state index in [0.29, 0.717) is 59.8 Å². The van der Waals surface area contributed by atoms with Crippen LogP contribution in [0.15, 0.2) is 127 Å². The molecule has 242 valence electrons. The fourth-order valence-corrected chi connectivity index (χ4v) is 5.87. The van der Waals surface area contributed by atoms with Gasteiger partial charge in [-0.05, 0) is 48.5 Å². The van der Waals surface area contributed by atoms with Crippen LogP contribution in [-0.2, 0) is 9.59 Å². The first-order valence-corrected chi connectivity index (χ1v) is 16.2. The van der Waals surface area contributed by atoms with Gasteiger partial charge in [-0.15, -0.1) is 0 Å². The third-order valence-electron chi connectivity index (χ3n) is 8.25. The van der Waals surface area contributed by atoms with Gasteiger partial charge in [-0.2, -0.15) is 0 Å². The monoisotopic (exact) mass is 667 g/mol. The van der Waals surface area contributed by atoms with Crippen molar-refractivity contribution >= 4 is 51.7 Å². The predicted molar refractivity (Wildman–Crippen MR) is 190 cm³/mol. The molecule has 0 spiro atoms. The van der Waals surface area contributed by atoms with Gasteiger partial charge >= 0.3 is 11.8 Å². The Balaban J connectivity index is 1.01. The molecule has 1 aliphatic rings. The van der Waals surface area contributed by atoms with Crippen molar-refractivity contribution in [3.8, 4) is 22.8 Å². The van der Waals surface area contributed by atoms with Gasteiger partial charge in [0.05, 0.1) is 16.9 Å². The number of ketones is 1. The van der Waals surface area contributed by atoms with Gasteiger partial charge in [-0.1, -0.05) is 90.5 Å². The molecule has 0 unspecified atom stereocenters. The number of carbonyl (C=O) groups excluding carboxylic acids is 3. The van der Waals surface area contributed by atoms with Crippen LogP contribution in [0.3, 0.4) is 0 Å². The summed E-state index contributed by atoms with van der Waals surface area (Å²) in [4.78, 5) is 52.6. The fraction of sp³-hybridized carbons (Fsp3) is 0.103. The number of nitrogens with zero attached hydrogens (tertiary/aromatic N) is 4. The van der Waals surface area contributed by atoms with E-state index in [9.17, 15) is 14.4 Å². The third-order valence-corrected chi connectivity index (χ3v) is 8.49. The first-order chi connectivity index (χ1) is 23.9. The number of hydrogen-bond acceptors (Lipinski definition) is 7. The number of benzene rings is 5. The summed E-state index contributed by atoms with van der Waals surface area (Å²) >= 11 is 6.25. The zero-order chi connectivity index (χ0) is 33.7. The van der Waals surface area contributed by atoms with E-state index in [1.807, 2.05) is 77.7 Å². The van der Waals surface area contributed by atoms with Crippen molar-refractivity contribution in [2.24, 2.45) is 0 Å². The molecule has 0 radical (unpaired) electrons. The Morgan fingerprint density at radius 2 is 1.35 bits per heavy atom. The van der Waals surface area contributed by atoms with E-state index in [4.69, 9.17) is 26.3 Å². The van der Waals surface area contributed by atoms with Crippen molar-refractivity contribution in [3.05, 3.63) is 144 Å². The number of anilines is 2. The van der Waals surface area contributed by atoms with Gasteiger partial charge in [-0.3, -0.25) is 14.4 Å². The molecule has 9 nitrogen and oxygen atoms in total. The number of hydrogen-bond donors (Lipinski definition) is 1. The molecular weight excluding hydrogens is 638 g/mol. The molecule has 49 heavy (non-hydrogen) atoms. The molecule has 1 fully saturated rings. The zero-order valence-corrected chi connectivity index (χ0v) is 27.0. The van der Waals surface area contributed by atoms with E-state index >= 15 is 0 Å². The number of fused-ring (bicyclic) bond motifs is 1. The zero-order valence-electron chi connectivity index (χ0n) is 26.3. The molecule has 0 saturated carbocycles. The molecule has 5 aromatic carbocycles. The van der Waals surface area contributed by atoms with E-state index in [-0.39, 0.29) is 11.5 Å². The summed E-state index contributed by atoms with van der Waals surface area (Å²) < 4.78 is 6.04. The summed E-state index contributed by atoms with van der Waals surface area (Å²) in [5.74, 6) is -0.271. The van der Waals surface area contributed by atoms with Crippen LogP contribution in [0.1, 0.15) is 15.9 Å². The van der Waals surface area contributed by atoms with Crippen molar-refractivity contribution in [2.75, 3.05) is 36.4 Å². The van der Waals surface area contributed by atoms with Crippen molar-refractivity contribution in [1.82, 2.24) is 14.9 Å². The fourth-order valence-electron chi connectivity index (χ4n) is 5.70. The Kier molecular flexibility index (Phi) is 8.99. The number of piperazine rings is 1. The molecule has 0 atom stereocenters. The van der Waals surface area contributed by atoms with Gasteiger partial charge < -0.3 is 19.9 Å². The molecular formula is C39H30ClN5O4. The lowest BCUT2D eigenvalue weighted by molar-refractivity contribution is -0.143. The molecule has 6 aromatic rings. The minimum absolute atomic E-state index is 0.104. The maximum Gasteiger partial charge on any atom is 0.314 e. The summed E-state index contributed by atoms with van der Waals surface area (Å²) in [5.41, 5.74) is 4.01. The molecule has 2 heterocycles. The maximum absolute atomic E-state index is 13.3. The molecule has 1 aliphatic heterocycles. The van der Waals surface area contributed by atoms with Crippen molar-refractivity contribution in [1.29, 1.82) is 0 Å². The molecule has 1 aromatic heterocycles. The number of amides is 2. The first kappa shape index (κ1) is 31.5. The molecule has 2 amide bonds. The number of carbonyl (C=O) groups is 3. The molecule has 10 heteroatoms. The molecule has 0 aliphatic carbocycles. The van der Waals surface area contributed by atoms with Crippen molar-refractivity contribution in [3.63, 3.8) is 0 Å². The first-order valence-electron chi connectivity index (χ1n) is 15.8. The van der Waals surface area contributed by atoms with Gasteiger partial charge in [0, 0.05) is 53.3 Å². The number of aromatic nitrogens is 2. The smallest absolute Gasteiger partial charge is 0.314 e. The highest BCUT2D eigenvalue weighted by Crippen LogP contribution is 2.33. The van der Waals surface area contributed by atoms with Gasteiger partial charge in [0.15, 0.2) is 11.5 Å². The Labute approximate surface area is 287 Å². The van der Waals surface area contributed by atoms with Crippen LogP contribution in [0.4, 0.5) is 11.6 Å². The maximum atomic E-state index is 13.3. The van der Waals surface area contributed by atoms with Gasteiger partial charge in [0.2, 0.25) is 5.95 Å². The summed E-state index contributed by atoms with van der Waals surface area (Å²) in [7, 11) is 0. The summed E-state index contributed by atoms with van der Waals surface area (Å²) in [5, 5.41) is 4.00. The Bertz CT molecular complexity index is 2150. The summed E-state index contributed by atoms with van der Waals surface area (Å²) in [6.45, 7) is 1.55. The second kappa shape index (κ2) is 14.0. The Morgan fingerprint density at radius 1 is 0.694 bits per heavy atom. The van der Waals surface area contributed by atoms with Crippen LogP contribution in [0.5, 0.6) is 11.5 Å². The van der Waals surface area contributed by atoms with Crippen LogP contribution in [0.2, 0.25) is 5.02 Å². The third kappa shape index (κ3) is 6.97. The van der Waals surface area contributed by atoms with Crippen LogP contribution in [-0.4, -0.2) is 58.6 Å². The molecule has 0 bridgehead atoms. The topological polar surface area (TPSA) is 105 Å². The number of nitrogens with one attached hydrogen (secondary N) is 1. The number of ether oxygens (including phenoxy) is 1. The highest BCUT2D eigenvalue weighted by molar-refractivity contribution is 6.40. The second-order valence-electron chi connectivity index (χ2n) is 11.5. The average Bonchev–Trinajstić information content (AvgIpc) is 3.16. The van der Waals surface area contributed by atoms with Gasteiger partial charge in [0.1, 0.15) is 5.75 Å². The highest BCUT2D eigenvalue weighted by atomic mass is 35.5. The second-order valence-corrected chi connectivity index (χ2v) is 11.9. The number of para-hydroxylation sites is 1. The highest BCUT2D eigenvalue weighted by Gasteiger charge is 2.28. The van der Waals surface area contributed by atoms with E-state index in [1.54, 1.807) is 48.5 Å². The summed E-state index contributed by atoms with van der Waals surface area (Å²) in [6.07, 6.45) is 0. The van der Waals surface area contributed by atoms with E-state index in [0.717, 1.165) is 22.2 Å². The van der Waals surface area contributed by atoms with Crippen molar-refractivity contribution in [2.45, 2.75) is 0 Å². The Hall–Kier alpha value is -6.06. The van der Waals surface area contributed by atoms with Crippen molar-refractivity contribution < 1.29 is 19.1 Å². The number of rotatable bonds is 7. The minimum atomic E-state index is -0.808. The Morgan fingerprint density at radius 3 is 2.08 bits per heavy atom. The SMILES string of the molecule is O=C(Nc1cc(Cl)ccc1Oc1ccc(C(=O)c2ccccc2)cc1)C(=O)N1CCN(c2nc(-c3ccccc3)c3ccccc3n2)CC1. The van der Waals surface area contributed by atoms with Crippen LogP contribution in [0.25, 0.3) is 22.2 Å². The van der Waals surface area contributed by atoms with Crippen LogP contribution in [0, 0.1) is 0 Å². The molecule has 1 saturated heterocycles. The van der Waals surface area contributed by atoms with Gasteiger partial charge in [0.25, 0.3) is 0 Å². The lowest BCUT2D eigenvalue weighted by Crippen LogP contribution is -2.52. The lowest BCUT2D eigenvalue weighted by atomic mass is 10.0. The van der Waals surface area contributed by atoms with Crippen LogP contribution >= 0.6 is 11.6 Å².